The van der Waals surface area contributed by atoms with Crippen molar-refractivity contribution in [2.45, 2.75) is 80.1 Å². The van der Waals surface area contributed by atoms with Crippen LogP contribution in [0.25, 0.3) is 0 Å². The van der Waals surface area contributed by atoms with Gasteiger partial charge in [-0.05, 0) is 196 Å². The summed E-state index contributed by atoms with van der Waals surface area (Å²) in [5.41, 5.74) is 25.4. The molecule has 1 radical (unpaired) electrons. The first kappa shape index (κ1) is 45.4. The second-order valence-electron chi connectivity index (χ2n) is 18.8. The van der Waals surface area contributed by atoms with Gasteiger partial charge in [0.2, 0.25) is 0 Å². The molecule has 9 rings (SSSR count). The van der Waals surface area contributed by atoms with Crippen molar-refractivity contribution in [3.8, 4) is 0 Å². The molecular formula is C66H63Si. The van der Waals surface area contributed by atoms with Crippen LogP contribution >= 0.6 is 0 Å². The zero-order valence-corrected chi connectivity index (χ0v) is 41.3. The van der Waals surface area contributed by atoms with Crippen molar-refractivity contribution >= 4 is 24.4 Å². The first-order valence-corrected chi connectivity index (χ1v) is 25.7. The van der Waals surface area contributed by atoms with Gasteiger partial charge in [0.1, 0.15) is 0 Å². The van der Waals surface area contributed by atoms with Gasteiger partial charge in [-0.1, -0.05) is 200 Å². The predicted octanol–water partition coefficient (Wildman–Crippen LogP) is 13.6. The maximum absolute atomic E-state index is 2.68. The van der Waals surface area contributed by atoms with E-state index >= 15 is 0 Å². The van der Waals surface area contributed by atoms with Gasteiger partial charge in [-0.25, -0.2) is 0 Å². The van der Waals surface area contributed by atoms with Crippen molar-refractivity contribution < 1.29 is 0 Å². The van der Waals surface area contributed by atoms with Crippen LogP contribution in [0.3, 0.4) is 0 Å². The lowest BCUT2D eigenvalue weighted by Gasteiger charge is -2.30. The summed E-state index contributed by atoms with van der Waals surface area (Å²) >= 11 is 0. The lowest BCUT2D eigenvalue weighted by molar-refractivity contribution is 1.06. The van der Waals surface area contributed by atoms with E-state index in [1.54, 1.807) is 0 Å². The molecule has 0 amide bonds. The molecule has 0 heterocycles. The Balaban J connectivity index is 1.33. The number of benzene rings is 9. The quantitative estimate of drug-likeness (QED) is 0.0711. The molecule has 0 N–H and O–H groups in total. The Morgan fingerprint density at radius 2 is 0.433 bits per heavy atom. The zero-order valence-electron chi connectivity index (χ0n) is 40.3. The molecule has 9 aromatic carbocycles. The van der Waals surface area contributed by atoms with E-state index in [0.29, 0.717) is 0 Å². The molecule has 0 aliphatic rings. The Morgan fingerprint density at radius 3 is 0.642 bits per heavy atom. The van der Waals surface area contributed by atoms with Gasteiger partial charge in [-0.15, -0.1) is 0 Å². The zero-order chi connectivity index (χ0) is 46.3. The Hall–Kier alpha value is -6.80. The van der Waals surface area contributed by atoms with Gasteiger partial charge in [0.05, 0.1) is 0 Å². The lowest BCUT2D eigenvalue weighted by Crippen LogP contribution is -2.56. The molecule has 67 heavy (non-hydrogen) atoms. The van der Waals surface area contributed by atoms with Gasteiger partial charge in [0.25, 0.3) is 0 Å². The molecule has 9 aromatic rings. The standard InChI is InChI=1S/C66H63Si/c1-46-49(4)64(43-58(37-52-25-13-7-14-26-52)61(46)40-55-31-19-10-20-32-55)67(65-44-59(38-53-27-15-8-16-28-53)62(47(2)50(65)5)41-56-33-21-11-22-34-56)66-45-60(39-54-29-17-9-18-30-54)63(48(3)51(66)6)42-57-35-23-12-24-36-57/h7-36,43-45H,37-42H2,1-6H3. The summed E-state index contributed by atoms with van der Waals surface area (Å²) in [6.45, 7) is 14.5. The Kier molecular flexibility index (Phi) is 14.1. The van der Waals surface area contributed by atoms with Crippen LogP contribution in [0.5, 0.6) is 0 Å². The molecule has 0 aliphatic carbocycles. The smallest absolute Gasteiger partial charge is 0.0622 e. The molecule has 0 spiro atoms. The summed E-state index contributed by atoms with van der Waals surface area (Å²) < 4.78 is 0. The van der Waals surface area contributed by atoms with Gasteiger partial charge < -0.3 is 0 Å². The fraction of sp³-hybridized carbons (Fsp3) is 0.182. The van der Waals surface area contributed by atoms with E-state index < -0.39 is 8.80 Å². The van der Waals surface area contributed by atoms with E-state index in [2.05, 4.69) is 242 Å². The average Bonchev–Trinajstić information content (AvgIpc) is 3.36. The molecule has 0 saturated heterocycles. The molecule has 0 unspecified atom stereocenters. The average molecular weight is 884 g/mol. The van der Waals surface area contributed by atoms with Gasteiger partial charge in [0.15, 0.2) is 8.80 Å². The third-order valence-electron chi connectivity index (χ3n) is 14.6. The first-order valence-electron chi connectivity index (χ1n) is 24.2. The molecule has 1 heteroatoms. The van der Waals surface area contributed by atoms with Crippen LogP contribution in [-0.2, 0) is 38.5 Å². The highest BCUT2D eigenvalue weighted by Crippen LogP contribution is 2.29. The Bertz CT molecular complexity index is 2740. The fourth-order valence-electron chi connectivity index (χ4n) is 10.4. The summed E-state index contributed by atoms with van der Waals surface area (Å²) in [6, 6.07) is 74.7. The van der Waals surface area contributed by atoms with Crippen molar-refractivity contribution in [2.24, 2.45) is 0 Å². The van der Waals surface area contributed by atoms with Crippen LogP contribution in [0.15, 0.2) is 200 Å². The highest BCUT2D eigenvalue weighted by molar-refractivity contribution is 6.96. The maximum Gasteiger partial charge on any atom is 0.155 e. The van der Waals surface area contributed by atoms with Crippen LogP contribution in [0.4, 0.5) is 0 Å². The van der Waals surface area contributed by atoms with Crippen LogP contribution in [0.2, 0.25) is 0 Å². The third-order valence-corrected chi connectivity index (χ3v) is 17.7. The van der Waals surface area contributed by atoms with Crippen molar-refractivity contribution in [1.29, 1.82) is 0 Å². The minimum atomic E-state index is -1.64. The molecule has 331 valence electrons. The van der Waals surface area contributed by atoms with Gasteiger partial charge in [-0.3, -0.25) is 0 Å². The highest BCUT2D eigenvalue weighted by Gasteiger charge is 2.31. The summed E-state index contributed by atoms with van der Waals surface area (Å²) in [6.07, 6.45) is 5.43. The van der Waals surface area contributed by atoms with Gasteiger partial charge in [0, 0.05) is 0 Å². The van der Waals surface area contributed by atoms with Crippen LogP contribution in [-0.4, -0.2) is 8.80 Å². The molecular weight excluding hydrogens is 821 g/mol. The molecule has 0 saturated carbocycles. The van der Waals surface area contributed by atoms with Crippen molar-refractivity contribution in [1.82, 2.24) is 0 Å². The maximum atomic E-state index is 2.68. The number of hydrogen-bond donors (Lipinski definition) is 0. The molecule has 0 aliphatic heterocycles. The summed E-state index contributed by atoms with van der Waals surface area (Å²) in [5, 5.41) is 4.54. The third kappa shape index (κ3) is 10.3. The van der Waals surface area contributed by atoms with Crippen LogP contribution < -0.4 is 15.6 Å². The monoisotopic (exact) mass is 883 g/mol. The normalized spacial score (nSPS) is 11.3. The van der Waals surface area contributed by atoms with E-state index in [-0.39, 0.29) is 0 Å². The van der Waals surface area contributed by atoms with E-state index in [1.165, 1.54) is 116 Å². The summed E-state index contributed by atoms with van der Waals surface area (Å²) in [5.74, 6) is 0. The topological polar surface area (TPSA) is 0 Å². The summed E-state index contributed by atoms with van der Waals surface area (Å²) in [4.78, 5) is 0. The Labute approximate surface area is 402 Å². The second kappa shape index (κ2) is 20.8. The van der Waals surface area contributed by atoms with E-state index in [1.807, 2.05) is 0 Å². The van der Waals surface area contributed by atoms with Crippen molar-refractivity contribution in [3.63, 3.8) is 0 Å². The van der Waals surface area contributed by atoms with Crippen molar-refractivity contribution in [2.75, 3.05) is 0 Å². The molecule has 0 fully saturated rings. The lowest BCUT2D eigenvalue weighted by atomic mass is 9.89. The van der Waals surface area contributed by atoms with E-state index in [9.17, 15) is 0 Å². The largest absolute Gasteiger partial charge is 0.155 e. The minimum Gasteiger partial charge on any atom is -0.0622 e. The molecule has 0 atom stereocenters. The second-order valence-corrected chi connectivity index (χ2v) is 21.2. The van der Waals surface area contributed by atoms with Crippen molar-refractivity contribution in [3.05, 3.63) is 300 Å². The molecule has 0 aromatic heterocycles. The number of hydrogen-bond acceptors (Lipinski definition) is 0. The predicted molar refractivity (Wildman–Crippen MR) is 288 cm³/mol. The summed E-state index contributed by atoms with van der Waals surface area (Å²) in [7, 11) is -1.64. The minimum absolute atomic E-state index is 0.896. The SMILES string of the molecule is Cc1c([Si](c2cc(Cc3ccccc3)c(Cc3ccccc3)c(C)c2C)c2cc(Cc3ccccc3)c(Cc3ccccc3)c(C)c2C)cc(Cc2ccccc2)c(Cc2ccccc2)c1C. The number of rotatable bonds is 15. The molecule has 0 bridgehead atoms. The highest BCUT2D eigenvalue weighted by atomic mass is 28.3. The Morgan fingerprint density at radius 1 is 0.239 bits per heavy atom. The fourth-order valence-corrected chi connectivity index (χ4v) is 13.9. The van der Waals surface area contributed by atoms with Crippen LogP contribution in [0.1, 0.15) is 100 Å². The van der Waals surface area contributed by atoms with Gasteiger partial charge >= 0.3 is 0 Å². The molecule has 0 nitrogen and oxygen atoms in total. The van der Waals surface area contributed by atoms with E-state index in [0.717, 1.165) is 38.5 Å². The first-order chi connectivity index (χ1) is 32.7. The van der Waals surface area contributed by atoms with Gasteiger partial charge in [-0.2, -0.15) is 0 Å². The van der Waals surface area contributed by atoms with Crippen LogP contribution in [0, 0.1) is 41.5 Å². The van der Waals surface area contributed by atoms with E-state index in [4.69, 9.17) is 0 Å².